The minimum atomic E-state index is -0.197. The third-order valence-corrected chi connectivity index (χ3v) is 6.35. The van der Waals surface area contributed by atoms with Gasteiger partial charge < -0.3 is 9.88 Å². The molecule has 7 nitrogen and oxygen atoms in total. The molecule has 0 bridgehead atoms. The monoisotopic (exact) mass is 429 g/mol. The van der Waals surface area contributed by atoms with E-state index in [1.807, 2.05) is 28.8 Å². The van der Waals surface area contributed by atoms with Gasteiger partial charge in [-0.3, -0.25) is 14.5 Å². The summed E-state index contributed by atoms with van der Waals surface area (Å²) in [4.78, 5) is 27.9. The molecule has 1 aliphatic rings. The summed E-state index contributed by atoms with van der Waals surface area (Å²) in [5, 5.41) is 8.90. The van der Waals surface area contributed by atoms with Gasteiger partial charge in [0.1, 0.15) is 12.1 Å². The van der Waals surface area contributed by atoms with Crippen LogP contribution in [0.15, 0.2) is 59.5 Å². The summed E-state index contributed by atoms with van der Waals surface area (Å²) in [6, 6.07) is 16.4. The second kappa shape index (κ2) is 8.59. The van der Waals surface area contributed by atoms with Crippen LogP contribution >= 0.6 is 0 Å². The van der Waals surface area contributed by atoms with Crippen LogP contribution in [0.25, 0.3) is 21.8 Å². The number of hydrogen-bond acceptors (Lipinski definition) is 4. The largest absolute Gasteiger partial charge is 0.355 e. The Morgan fingerprint density at radius 1 is 1.06 bits per heavy atom. The Kier molecular flexibility index (Phi) is 5.49. The lowest BCUT2D eigenvalue weighted by molar-refractivity contribution is -0.121. The van der Waals surface area contributed by atoms with Crippen LogP contribution < -0.4 is 10.9 Å². The summed E-state index contributed by atoms with van der Waals surface area (Å²) in [7, 11) is 1.63. The summed E-state index contributed by atoms with van der Waals surface area (Å²) >= 11 is 0. The van der Waals surface area contributed by atoms with Crippen molar-refractivity contribution in [2.24, 2.45) is 7.05 Å². The minimum absolute atomic E-state index is 0.0875. The summed E-state index contributed by atoms with van der Waals surface area (Å²) in [5.41, 5.74) is 4.05. The van der Waals surface area contributed by atoms with Gasteiger partial charge >= 0.3 is 0 Å². The van der Waals surface area contributed by atoms with Crippen LogP contribution in [0.5, 0.6) is 0 Å². The van der Waals surface area contributed by atoms with Gasteiger partial charge in [0, 0.05) is 49.5 Å². The van der Waals surface area contributed by atoms with Gasteiger partial charge in [0.25, 0.3) is 5.56 Å². The third kappa shape index (κ3) is 3.80. The van der Waals surface area contributed by atoms with Crippen LogP contribution in [0, 0.1) is 0 Å². The SMILES string of the molecule is Cn1ncc2c3ccccc3n(CC(=O)NCCCN3CCc4ccccc4C3)c2c1=O. The third-order valence-electron chi connectivity index (χ3n) is 6.35. The molecule has 0 saturated carbocycles. The molecule has 0 aliphatic carbocycles. The molecule has 164 valence electrons. The molecular weight excluding hydrogens is 402 g/mol. The van der Waals surface area contributed by atoms with Crippen molar-refractivity contribution in [3.63, 3.8) is 0 Å². The summed E-state index contributed by atoms with van der Waals surface area (Å²) in [6.45, 7) is 3.72. The van der Waals surface area contributed by atoms with E-state index in [1.165, 1.54) is 15.8 Å². The van der Waals surface area contributed by atoms with Gasteiger partial charge in [-0.1, -0.05) is 42.5 Å². The Morgan fingerprint density at radius 2 is 1.84 bits per heavy atom. The molecule has 0 spiro atoms. The zero-order chi connectivity index (χ0) is 22.1. The minimum Gasteiger partial charge on any atom is -0.355 e. The van der Waals surface area contributed by atoms with Gasteiger partial charge in [-0.05, 0) is 30.0 Å². The van der Waals surface area contributed by atoms with E-state index in [0.717, 1.165) is 48.8 Å². The number of carbonyl (C=O) groups is 1. The molecule has 0 unspecified atom stereocenters. The van der Waals surface area contributed by atoms with E-state index >= 15 is 0 Å². The lowest BCUT2D eigenvalue weighted by atomic mass is 10.00. The maximum absolute atomic E-state index is 12.8. The summed E-state index contributed by atoms with van der Waals surface area (Å²) in [5.74, 6) is -0.0875. The quantitative estimate of drug-likeness (QED) is 0.478. The fourth-order valence-electron chi connectivity index (χ4n) is 4.68. The molecule has 0 atom stereocenters. The number of benzene rings is 2. The van der Waals surface area contributed by atoms with Crippen molar-refractivity contribution in [3.05, 3.63) is 76.2 Å². The Hall–Kier alpha value is -3.45. The number of carbonyl (C=O) groups excluding carboxylic acids is 1. The predicted octanol–water partition coefficient (Wildman–Crippen LogP) is 2.45. The van der Waals surface area contributed by atoms with Crippen LogP contribution in [0.1, 0.15) is 17.5 Å². The highest BCUT2D eigenvalue weighted by Gasteiger charge is 2.17. The second-order valence-electron chi connectivity index (χ2n) is 8.44. The molecule has 0 fully saturated rings. The van der Waals surface area contributed by atoms with E-state index in [4.69, 9.17) is 0 Å². The number of aryl methyl sites for hydroxylation is 1. The maximum Gasteiger partial charge on any atom is 0.291 e. The Balaban J connectivity index is 1.23. The molecule has 1 aliphatic heterocycles. The number of amides is 1. The average Bonchev–Trinajstić information content (AvgIpc) is 3.13. The van der Waals surface area contributed by atoms with Gasteiger partial charge in [0.2, 0.25) is 5.91 Å². The van der Waals surface area contributed by atoms with E-state index < -0.39 is 0 Å². The van der Waals surface area contributed by atoms with Crippen LogP contribution in [-0.4, -0.2) is 44.8 Å². The molecule has 32 heavy (non-hydrogen) atoms. The number of nitrogens with zero attached hydrogens (tertiary/aromatic N) is 4. The second-order valence-corrected chi connectivity index (χ2v) is 8.44. The molecule has 1 N–H and O–H groups in total. The van der Waals surface area contributed by atoms with Gasteiger partial charge in [-0.2, -0.15) is 5.10 Å². The van der Waals surface area contributed by atoms with Crippen LogP contribution in [0.3, 0.4) is 0 Å². The molecule has 4 aromatic rings. The van der Waals surface area contributed by atoms with Crippen molar-refractivity contribution < 1.29 is 4.79 Å². The number of nitrogens with one attached hydrogen (secondary N) is 1. The van der Waals surface area contributed by atoms with Gasteiger partial charge in [0.15, 0.2) is 0 Å². The molecule has 5 rings (SSSR count). The van der Waals surface area contributed by atoms with Gasteiger partial charge in [-0.25, -0.2) is 4.68 Å². The fraction of sp³-hybridized carbons (Fsp3) is 0.320. The van der Waals surface area contributed by atoms with E-state index in [0.29, 0.717) is 12.1 Å². The summed E-state index contributed by atoms with van der Waals surface area (Å²) in [6.07, 6.45) is 3.68. The zero-order valence-corrected chi connectivity index (χ0v) is 18.3. The number of rotatable bonds is 6. The zero-order valence-electron chi connectivity index (χ0n) is 18.3. The molecular formula is C25H27N5O2. The van der Waals surface area contributed by atoms with E-state index in [9.17, 15) is 9.59 Å². The maximum atomic E-state index is 12.8. The van der Waals surface area contributed by atoms with Crippen molar-refractivity contribution in [2.45, 2.75) is 25.9 Å². The Labute approximate surface area is 186 Å². The average molecular weight is 430 g/mol. The first-order valence-corrected chi connectivity index (χ1v) is 11.1. The van der Waals surface area contributed by atoms with Crippen molar-refractivity contribution in [3.8, 4) is 0 Å². The van der Waals surface area contributed by atoms with Gasteiger partial charge in [-0.15, -0.1) is 0 Å². The molecule has 3 heterocycles. The summed E-state index contributed by atoms with van der Waals surface area (Å²) < 4.78 is 3.12. The standard InChI is InChI=1S/C25H27N5O2/c1-28-25(32)24-21(15-27-28)20-9-4-5-10-22(20)30(24)17-23(31)26-12-6-13-29-14-11-18-7-2-3-8-19(18)16-29/h2-5,7-10,15H,6,11-14,16-17H2,1H3,(H,26,31). The predicted molar refractivity (Wildman–Crippen MR) is 126 cm³/mol. The van der Waals surface area contributed by atoms with E-state index in [-0.39, 0.29) is 18.0 Å². The lowest BCUT2D eigenvalue weighted by Gasteiger charge is -2.28. The lowest BCUT2D eigenvalue weighted by Crippen LogP contribution is -2.34. The molecule has 0 radical (unpaired) electrons. The van der Waals surface area contributed by atoms with Crippen LogP contribution in [-0.2, 0) is 31.4 Å². The van der Waals surface area contributed by atoms with E-state index in [2.05, 4.69) is 39.6 Å². The van der Waals surface area contributed by atoms with Crippen molar-refractivity contribution in [2.75, 3.05) is 19.6 Å². The first kappa shape index (κ1) is 20.5. The fourth-order valence-corrected chi connectivity index (χ4v) is 4.68. The van der Waals surface area contributed by atoms with E-state index in [1.54, 1.807) is 13.2 Å². The molecule has 2 aromatic heterocycles. The highest BCUT2D eigenvalue weighted by Crippen LogP contribution is 2.26. The normalized spacial score (nSPS) is 14.0. The molecule has 2 aromatic carbocycles. The Bertz CT molecular complexity index is 1350. The number of aromatic nitrogens is 3. The molecule has 0 saturated heterocycles. The van der Waals surface area contributed by atoms with Crippen molar-refractivity contribution >= 4 is 27.7 Å². The topological polar surface area (TPSA) is 72.2 Å². The van der Waals surface area contributed by atoms with Crippen LogP contribution in [0.2, 0.25) is 0 Å². The molecule has 7 heteroatoms. The van der Waals surface area contributed by atoms with Crippen molar-refractivity contribution in [1.82, 2.24) is 24.6 Å². The smallest absolute Gasteiger partial charge is 0.291 e. The highest BCUT2D eigenvalue weighted by molar-refractivity contribution is 6.07. The first-order chi connectivity index (χ1) is 15.6. The highest BCUT2D eigenvalue weighted by atomic mass is 16.2. The van der Waals surface area contributed by atoms with Crippen LogP contribution in [0.4, 0.5) is 0 Å². The first-order valence-electron chi connectivity index (χ1n) is 11.1. The van der Waals surface area contributed by atoms with Gasteiger partial charge in [0.05, 0.1) is 6.20 Å². The molecule has 1 amide bonds. The number of hydrogen-bond donors (Lipinski definition) is 1. The Morgan fingerprint density at radius 3 is 2.72 bits per heavy atom. The number of para-hydroxylation sites is 1. The number of fused-ring (bicyclic) bond motifs is 4. The van der Waals surface area contributed by atoms with Crippen molar-refractivity contribution in [1.29, 1.82) is 0 Å².